The van der Waals surface area contributed by atoms with E-state index in [0.29, 0.717) is 0 Å². The minimum absolute atomic E-state index is 0.262. The van der Waals surface area contributed by atoms with Crippen molar-refractivity contribution < 1.29 is 4.42 Å². The van der Waals surface area contributed by atoms with E-state index in [1.54, 1.807) is 17.6 Å². The van der Waals surface area contributed by atoms with Gasteiger partial charge in [-0.1, -0.05) is 6.07 Å². The van der Waals surface area contributed by atoms with E-state index < -0.39 is 0 Å². The molecule has 1 aliphatic rings. The second-order valence-corrected chi connectivity index (χ2v) is 7.02. The van der Waals surface area contributed by atoms with Crippen LogP contribution in [0.1, 0.15) is 29.5 Å². The molecule has 2 aromatic rings. The van der Waals surface area contributed by atoms with Gasteiger partial charge in [0.2, 0.25) is 0 Å². The van der Waals surface area contributed by atoms with Crippen LogP contribution in [0.15, 0.2) is 45.3 Å². The van der Waals surface area contributed by atoms with Crippen molar-refractivity contribution in [2.45, 2.75) is 25.3 Å². The van der Waals surface area contributed by atoms with Gasteiger partial charge in [-0.25, -0.2) is 0 Å². The lowest BCUT2D eigenvalue weighted by molar-refractivity contribution is 0.215. The highest BCUT2D eigenvalue weighted by molar-refractivity contribution is 7.09. The van der Waals surface area contributed by atoms with Crippen LogP contribution in [-0.4, -0.2) is 44.1 Å². The first-order valence-corrected chi connectivity index (χ1v) is 9.49. The molecule has 24 heavy (non-hydrogen) atoms. The average molecular weight is 347 g/mol. The lowest BCUT2D eigenvalue weighted by Gasteiger charge is -2.26. The quantitative estimate of drug-likeness (QED) is 0.598. The van der Waals surface area contributed by atoms with E-state index in [4.69, 9.17) is 4.42 Å². The number of rotatable bonds is 7. The number of thiophene rings is 1. The van der Waals surface area contributed by atoms with Crippen molar-refractivity contribution in [2.24, 2.45) is 4.99 Å². The first kappa shape index (κ1) is 17.0. The van der Waals surface area contributed by atoms with E-state index in [2.05, 4.69) is 44.1 Å². The van der Waals surface area contributed by atoms with Crippen LogP contribution in [-0.2, 0) is 6.42 Å². The molecule has 0 radical (unpaired) electrons. The molecule has 130 valence electrons. The number of aliphatic imine (C=N–C) groups is 1. The largest absolute Gasteiger partial charge is 0.468 e. The molecule has 0 aromatic carbocycles. The molecule has 0 saturated carbocycles. The zero-order chi connectivity index (χ0) is 16.6. The standard InChI is InChI=1S/C18H26N4OS/c1-19-18(20-9-8-15-6-5-13-24-15)21-14-16(17-7-4-12-23-17)22-10-2-3-11-22/h4-7,12-13,16H,2-3,8-11,14H2,1H3,(H2,19,20,21). The van der Waals surface area contributed by atoms with Crippen molar-refractivity contribution in [2.75, 3.05) is 33.2 Å². The Kier molecular flexibility index (Phi) is 6.32. The summed E-state index contributed by atoms with van der Waals surface area (Å²) >= 11 is 1.80. The third kappa shape index (κ3) is 4.61. The van der Waals surface area contributed by atoms with E-state index in [1.807, 2.05) is 13.1 Å². The maximum atomic E-state index is 5.66. The first-order valence-electron chi connectivity index (χ1n) is 8.61. The molecule has 1 unspecified atom stereocenters. The summed E-state index contributed by atoms with van der Waals surface area (Å²) in [5, 5.41) is 8.97. The number of nitrogens with one attached hydrogen (secondary N) is 2. The molecule has 1 fully saturated rings. The molecule has 1 saturated heterocycles. The molecule has 2 N–H and O–H groups in total. The number of nitrogens with zero attached hydrogens (tertiary/aromatic N) is 2. The molecule has 6 heteroatoms. The van der Waals surface area contributed by atoms with Crippen LogP contribution in [0.4, 0.5) is 0 Å². The highest BCUT2D eigenvalue weighted by atomic mass is 32.1. The fourth-order valence-electron chi connectivity index (χ4n) is 3.12. The van der Waals surface area contributed by atoms with Gasteiger partial charge in [0.15, 0.2) is 5.96 Å². The van der Waals surface area contributed by atoms with Crippen LogP contribution in [0.2, 0.25) is 0 Å². The number of likely N-dealkylation sites (tertiary alicyclic amines) is 1. The van der Waals surface area contributed by atoms with Crippen molar-refractivity contribution in [3.05, 3.63) is 46.5 Å². The first-order chi connectivity index (χ1) is 11.9. The van der Waals surface area contributed by atoms with Crippen LogP contribution >= 0.6 is 11.3 Å². The minimum atomic E-state index is 0.262. The van der Waals surface area contributed by atoms with Gasteiger partial charge in [0.05, 0.1) is 12.3 Å². The van der Waals surface area contributed by atoms with Gasteiger partial charge in [-0.3, -0.25) is 9.89 Å². The molecule has 2 aromatic heterocycles. The van der Waals surface area contributed by atoms with Crippen molar-refractivity contribution in [1.29, 1.82) is 0 Å². The number of guanidine groups is 1. The average Bonchev–Trinajstić information content (AvgIpc) is 3.35. The van der Waals surface area contributed by atoms with Crippen LogP contribution in [0.25, 0.3) is 0 Å². The normalized spacial score (nSPS) is 17.1. The Morgan fingerprint density at radius 2 is 2.17 bits per heavy atom. The summed E-state index contributed by atoms with van der Waals surface area (Å²) in [6.45, 7) is 3.95. The molecular formula is C18H26N4OS. The number of hydrogen-bond acceptors (Lipinski definition) is 4. The van der Waals surface area contributed by atoms with E-state index in [0.717, 1.165) is 44.3 Å². The monoisotopic (exact) mass is 346 g/mol. The third-order valence-electron chi connectivity index (χ3n) is 4.38. The van der Waals surface area contributed by atoms with E-state index in [-0.39, 0.29) is 6.04 Å². The zero-order valence-corrected chi connectivity index (χ0v) is 15.0. The number of furan rings is 1. The van der Waals surface area contributed by atoms with Gasteiger partial charge in [0.25, 0.3) is 0 Å². The lowest BCUT2D eigenvalue weighted by Crippen LogP contribution is -2.43. The molecule has 0 spiro atoms. The van der Waals surface area contributed by atoms with Gasteiger partial charge in [0.1, 0.15) is 5.76 Å². The molecule has 0 amide bonds. The fraction of sp³-hybridized carbons (Fsp3) is 0.500. The van der Waals surface area contributed by atoms with Crippen molar-refractivity contribution in [3.8, 4) is 0 Å². The third-order valence-corrected chi connectivity index (χ3v) is 5.32. The Morgan fingerprint density at radius 1 is 1.29 bits per heavy atom. The van der Waals surface area contributed by atoms with Crippen LogP contribution in [0, 0.1) is 0 Å². The molecular weight excluding hydrogens is 320 g/mol. The Morgan fingerprint density at radius 3 is 2.83 bits per heavy atom. The summed E-state index contributed by atoms with van der Waals surface area (Å²) in [7, 11) is 1.82. The molecule has 1 atom stereocenters. The zero-order valence-electron chi connectivity index (χ0n) is 14.2. The van der Waals surface area contributed by atoms with Crippen LogP contribution in [0.3, 0.4) is 0 Å². The van der Waals surface area contributed by atoms with Crippen molar-refractivity contribution >= 4 is 17.3 Å². The van der Waals surface area contributed by atoms with Gasteiger partial charge in [-0.15, -0.1) is 11.3 Å². The summed E-state index contributed by atoms with van der Waals surface area (Å²) in [4.78, 5) is 8.22. The Bertz CT molecular complexity index is 603. The van der Waals surface area contributed by atoms with Crippen molar-refractivity contribution in [3.63, 3.8) is 0 Å². The van der Waals surface area contributed by atoms with Gasteiger partial charge in [-0.05, 0) is 55.9 Å². The molecule has 0 bridgehead atoms. The molecule has 5 nitrogen and oxygen atoms in total. The summed E-state index contributed by atoms with van der Waals surface area (Å²) < 4.78 is 5.66. The predicted octanol–water partition coefficient (Wildman–Crippen LogP) is 2.89. The number of hydrogen-bond donors (Lipinski definition) is 2. The van der Waals surface area contributed by atoms with Gasteiger partial charge < -0.3 is 15.1 Å². The van der Waals surface area contributed by atoms with Gasteiger partial charge in [0, 0.05) is 25.0 Å². The maximum Gasteiger partial charge on any atom is 0.191 e. The van der Waals surface area contributed by atoms with Gasteiger partial charge in [-0.2, -0.15) is 0 Å². The highest BCUT2D eigenvalue weighted by Crippen LogP contribution is 2.24. The molecule has 3 rings (SSSR count). The second kappa shape index (κ2) is 8.89. The van der Waals surface area contributed by atoms with Gasteiger partial charge >= 0.3 is 0 Å². The molecule has 0 aliphatic carbocycles. The summed E-state index contributed by atoms with van der Waals surface area (Å²) in [5.41, 5.74) is 0. The summed E-state index contributed by atoms with van der Waals surface area (Å²) in [6.07, 6.45) is 5.31. The predicted molar refractivity (Wildman–Crippen MR) is 99.6 cm³/mol. The van der Waals surface area contributed by atoms with Crippen LogP contribution in [0.5, 0.6) is 0 Å². The smallest absolute Gasteiger partial charge is 0.191 e. The molecule has 3 heterocycles. The Labute approximate surface area is 147 Å². The highest BCUT2D eigenvalue weighted by Gasteiger charge is 2.25. The van der Waals surface area contributed by atoms with Crippen molar-refractivity contribution in [1.82, 2.24) is 15.5 Å². The maximum absolute atomic E-state index is 5.66. The van der Waals surface area contributed by atoms with E-state index >= 15 is 0 Å². The SMILES string of the molecule is CN=C(NCCc1cccs1)NCC(c1ccco1)N1CCCC1. The minimum Gasteiger partial charge on any atom is -0.468 e. The lowest BCUT2D eigenvalue weighted by atomic mass is 10.2. The van der Waals surface area contributed by atoms with E-state index in [9.17, 15) is 0 Å². The summed E-state index contributed by atoms with van der Waals surface area (Å²) in [6, 6.07) is 8.56. The fourth-order valence-corrected chi connectivity index (χ4v) is 3.83. The Hall–Kier alpha value is -1.79. The topological polar surface area (TPSA) is 52.8 Å². The second-order valence-electron chi connectivity index (χ2n) is 5.98. The van der Waals surface area contributed by atoms with Crippen LogP contribution < -0.4 is 10.6 Å². The molecule has 1 aliphatic heterocycles. The Balaban J connectivity index is 1.50. The van der Waals surface area contributed by atoms with E-state index in [1.165, 1.54) is 17.7 Å². The summed E-state index contributed by atoms with van der Waals surface area (Å²) in [5.74, 6) is 1.88.